The van der Waals surface area contributed by atoms with Crippen molar-refractivity contribution in [1.82, 2.24) is 14.9 Å². The largest absolute Gasteiger partial charge is 0.202 e. The Hall–Kier alpha value is -1.39. The maximum Gasteiger partial charge on any atom is 0.151 e. The summed E-state index contributed by atoms with van der Waals surface area (Å²) >= 11 is 11.9. The number of benzene rings is 1. The Labute approximate surface area is 115 Å². The van der Waals surface area contributed by atoms with E-state index in [9.17, 15) is 0 Å². The highest BCUT2D eigenvalue weighted by Gasteiger charge is 2.06. The summed E-state index contributed by atoms with van der Waals surface area (Å²) in [6.45, 7) is 5.61. The Bertz CT molecular complexity index is 597. The van der Waals surface area contributed by atoms with Crippen LogP contribution in [0.4, 0.5) is 0 Å². The number of rotatable bonds is 2. The Balaban J connectivity index is 2.42. The molecule has 0 N–H and O–H groups in total. The molecule has 1 aromatic carbocycles. The molecule has 94 valence electrons. The normalized spacial score (nSPS) is 11.9. The standard InChI is InChI=1S/C12H12Cl2N4/c1-7(10-4-5-11(13)12(14)6-10)17-18-8(2)15-16-9(18)3/h4-6H,1-3H3/b17-7+. The van der Waals surface area contributed by atoms with Crippen molar-refractivity contribution in [3.05, 3.63) is 45.5 Å². The summed E-state index contributed by atoms with van der Waals surface area (Å²) < 4.78 is 1.69. The van der Waals surface area contributed by atoms with Crippen LogP contribution in [0.25, 0.3) is 0 Å². The second kappa shape index (κ2) is 5.08. The highest BCUT2D eigenvalue weighted by Crippen LogP contribution is 2.23. The monoisotopic (exact) mass is 282 g/mol. The van der Waals surface area contributed by atoms with Crippen LogP contribution in [0, 0.1) is 13.8 Å². The van der Waals surface area contributed by atoms with Gasteiger partial charge < -0.3 is 0 Å². The van der Waals surface area contributed by atoms with Gasteiger partial charge in [-0.1, -0.05) is 29.3 Å². The minimum Gasteiger partial charge on any atom is -0.202 e. The van der Waals surface area contributed by atoms with Crippen molar-refractivity contribution in [2.24, 2.45) is 5.10 Å². The molecule has 0 unspecified atom stereocenters. The SMILES string of the molecule is C/C(=N\n1c(C)nnc1C)c1ccc(Cl)c(Cl)c1. The lowest BCUT2D eigenvalue weighted by atomic mass is 10.1. The van der Waals surface area contributed by atoms with Crippen LogP contribution in [-0.4, -0.2) is 20.6 Å². The molecule has 6 heteroatoms. The van der Waals surface area contributed by atoms with Gasteiger partial charge in [-0.15, -0.1) is 10.2 Å². The van der Waals surface area contributed by atoms with Crippen LogP contribution in [0.5, 0.6) is 0 Å². The highest BCUT2D eigenvalue weighted by atomic mass is 35.5. The zero-order valence-corrected chi connectivity index (χ0v) is 11.8. The number of aryl methyl sites for hydroxylation is 2. The van der Waals surface area contributed by atoms with E-state index in [-0.39, 0.29) is 0 Å². The second-order valence-corrected chi connectivity index (χ2v) is 4.73. The fourth-order valence-electron chi connectivity index (χ4n) is 1.54. The third kappa shape index (κ3) is 2.54. The number of hydrogen-bond acceptors (Lipinski definition) is 3. The summed E-state index contributed by atoms with van der Waals surface area (Å²) in [4.78, 5) is 0. The molecule has 0 aliphatic rings. The molecule has 2 aromatic rings. The first-order chi connectivity index (χ1) is 8.49. The van der Waals surface area contributed by atoms with Crippen LogP contribution in [0.1, 0.15) is 24.1 Å². The van der Waals surface area contributed by atoms with Gasteiger partial charge in [-0.2, -0.15) is 5.10 Å². The molecule has 0 bridgehead atoms. The number of hydrogen-bond donors (Lipinski definition) is 0. The molecule has 0 fully saturated rings. The number of halogens is 2. The molecule has 0 radical (unpaired) electrons. The van der Waals surface area contributed by atoms with E-state index >= 15 is 0 Å². The molecule has 0 saturated carbocycles. The van der Waals surface area contributed by atoms with Gasteiger partial charge in [0.1, 0.15) is 0 Å². The van der Waals surface area contributed by atoms with Crippen LogP contribution in [-0.2, 0) is 0 Å². The maximum absolute atomic E-state index is 5.98. The van der Waals surface area contributed by atoms with E-state index < -0.39 is 0 Å². The summed E-state index contributed by atoms with van der Waals surface area (Å²) in [6.07, 6.45) is 0. The fourth-order valence-corrected chi connectivity index (χ4v) is 1.84. The van der Waals surface area contributed by atoms with Crippen molar-refractivity contribution in [2.75, 3.05) is 0 Å². The minimum atomic E-state index is 0.515. The van der Waals surface area contributed by atoms with E-state index in [1.54, 1.807) is 16.8 Å². The average molecular weight is 283 g/mol. The van der Waals surface area contributed by atoms with Crippen LogP contribution in [0.3, 0.4) is 0 Å². The van der Waals surface area contributed by atoms with Gasteiger partial charge in [0, 0.05) is 0 Å². The lowest BCUT2D eigenvalue weighted by Gasteiger charge is -2.04. The van der Waals surface area contributed by atoms with Gasteiger partial charge in [0.2, 0.25) is 0 Å². The van der Waals surface area contributed by atoms with Gasteiger partial charge in [-0.3, -0.25) is 0 Å². The maximum atomic E-state index is 5.98. The Morgan fingerprint density at radius 2 is 1.72 bits per heavy atom. The summed E-state index contributed by atoms with van der Waals surface area (Å²) in [5.74, 6) is 1.49. The summed E-state index contributed by atoms with van der Waals surface area (Å²) in [6, 6.07) is 5.42. The molecular formula is C12H12Cl2N4. The van der Waals surface area contributed by atoms with Crippen LogP contribution >= 0.6 is 23.2 Å². The second-order valence-electron chi connectivity index (χ2n) is 3.92. The van der Waals surface area contributed by atoms with E-state index in [1.165, 1.54) is 0 Å². The van der Waals surface area contributed by atoms with E-state index in [4.69, 9.17) is 23.2 Å². The molecule has 0 amide bonds. The average Bonchev–Trinajstić information content (AvgIpc) is 2.64. The van der Waals surface area contributed by atoms with Crippen molar-refractivity contribution in [2.45, 2.75) is 20.8 Å². The third-order valence-electron chi connectivity index (χ3n) is 2.54. The van der Waals surface area contributed by atoms with Crippen molar-refractivity contribution in [3.8, 4) is 0 Å². The molecule has 18 heavy (non-hydrogen) atoms. The first-order valence-electron chi connectivity index (χ1n) is 5.38. The molecule has 1 heterocycles. The number of nitrogens with zero attached hydrogens (tertiary/aromatic N) is 4. The lowest BCUT2D eigenvalue weighted by Crippen LogP contribution is -2.02. The molecule has 2 rings (SSSR count). The van der Waals surface area contributed by atoms with Gasteiger partial charge in [0.15, 0.2) is 11.6 Å². The van der Waals surface area contributed by atoms with Crippen molar-refractivity contribution >= 4 is 28.9 Å². The van der Waals surface area contributed by atoms with Gasteiger partial charge in [-0.05, 0) is 38.5 Å². The molecule has 0 aliphatic carbocycles. The first-order valence-corrected chi connectivity index (χ1v) is 6.14. The van der Waals surface area contributed by atoms with Gasteiger partial charge in [0.25, 0.3) is 0 Å². The summed E-state index contributed by atoms with van der Waals surface area (Å²) in [5, 5.41) is 13.4. The quantitative estimate of drug-likeness (QED) is 0.792. The van der Waals surface area contributed by atoms with Crippen LogP contribution in [0.2, 0.25) is 10.0 Å². The summed E-state index contributed by atoms with van der Waals surface area (Å²) in [5.41, 5.74) is 1.73. The third-order valence-corrected chi connectivity index (χ3v) is 3.28. The zero-order chi connectivity index (χ0) is 13.3. The van der Waals surface area contributed by atoms with E-state index in [2.05, 4.69) is 15.3 Å². The topological polar surface area (TPSA) is 43.1 Å². The van der Waals surface area contributed by atoms with Crippen LogP contribution < -0.4 is 0 Å². The Morgan fingerprint density at radius 3 is 2.28 bits per heavy atom. The van der Waals surface area contributed by atoms with Gasteiger partial charge >= 0.3 is 0 Å². The van der Waals surface area contributed by atoms with E-state index in [1.807, 2.05) is 26.8 Å². The molecule has 1 aromatic heterocycles. The lowest BCUT2D eigenvalue weighted by molar-refractivity contribution is 0.793. The van der Waals surface area contributed by atoms with Crippen molar-refractivity contribution < 1.29 is 0 Å². The molecule has 0 spiro atoms. The van der Waals surface area contributed by atoms with E-state index in [0.717, 1.165) is 22.9 Å². The molecular weight excluding hydrogens is 271 g/mol. The van der Waals surface area contributed by atoms with E-state index in [0.29, 0.717) is 10.0 Å². The Morgan fingerprint density at radius 1 is 1.11 bits per heavy atom. The van der Waals surface area contributed by atoms with Crippen LogP contribution in [0.15, 0.2) is 23.3 Å². The zero-order valence-electron chi connectivity index (χ0n) is 10.3. The molecule has 0 saturated heterocycles. The van der Waals surface area contributed by atoms with Crippen molar-refractivity contribution in [1.29, 1.82) is 0 Å². The Kier molecular flexibility index (Phi) is 3.68. The molecule has 0 atom stereocenters. The predicted octanol–water partition coefficient (Wildman–Crippen LogP) is 3.47. The number of aromatic nitrogens is 3. The first kappa shape index (κ1) is 13.1. The smallest absolute Gasteiger partial charge is 0.151 e. The van der Waals surface area contributed by atoms with Gasteiger partial charge in [0.05, 0.1) is 15.8 Å². The fraction of sp³-hybridized carbons (Fsp3) is 0.250. The van der Waals surface area contributed by atoms with Crippen molar-refractivity contribution in [3.63, 3.8) is 0 Å². The predicted molar refractivity (Wildman–Crippen MR) is 73.6 cm³/mol. The highest BCUT2D eigenvalue weighted by molar-refractivity contribution is 6.42. The van der Waals surface area contributed by atoms with Gasteiger partial charge in [-0.25, -0.2) is 4.68 Å². The summed E-state index contributed by atoms with van der Waals surface area (Å²) in [7, 11) is 0. The molecule has 4 nitrogen and oxygen atoms in total. The minimum absolute atomic E-state index is 0.515. The molecule has 0 aliphatic heterocycles.